The molecule has 0 fully saturated rings. The van der Waals surface area contributed by atoms with Gasteiger partial charge in [0, 0.05) is 23.8 Å². The van der Waals surface area contributed by atoms with Gasteiger partial charge < -0.3 is 9.88 Å². The minimum atomic E-state index is -0.170. The Balaban J connectivity index is 1.84. The molecule has 0 aliphatic carbocycles. The first-order valence-electron chi connectivity index (χ1n) is 7.86. The highest BCUT2D eigenvalue weighted by Crippen LogP contribution is 2.21. The van der Waals surface area contributed by atoms with Crippen LogP contribution in [0.3, 0.4) is 0 Å². The average molecular weight is 317 g/mol. The fraction of sp³-hybridized carbons (Fsp3) is 0.200. The molecule has 3 aromatic rings. The summed E-state index contributed by atoms with van der Waals surface area (Å²) in [5, 5.41) is 13.1. The summed E-state index contributed by atoms with van der Waals surface area (Å²) in [4.78, 5) is 12.6. The largest absolute Gasteiger partial charge is 0.348 e. The van der Waals surface area contributed by atoms with Crippen LogP contribution in [0.25, 0.3) is 10.9 Å². The predicted octanol–water partition coefficient (Wildman–Crippen LogP) is 3.85. The van der Waals surface area contributed by atoms with Gasteiger partial charge in [-0.15, -0.1) is 0 Å². The third-order valence-electron chi connectivity index (χ3n) is 4.41. The second kappa shape index (κ2) is 6.21. The zero-order valence-corrected chi connectivity index (χ0v) is 14.0. The third kappa shape index (κ3) is 2.89. The van der Waals surface area contributed by atoms with Crippen LogP contribution in [0, 0.1) is 18.3 Å². The summed E-state index contributed by atoms with van der Waals surface area (Å²) in [6.45, 7) is 3.96. The normalized spacial score (nSPS) is 11.9. The van der Waals surface area contributed by atoms with Gasteiger partial charge in [-0.2, -0.15) is 5.26 Å². The first kappa shape index (κ1) is 15.8. The van der Waals surface area contributed by atoms with Crippen LogP contribution in [0.5, 0.6) is 0 Å². The van der Waals surface area contributed by atoms with Gasteiger partial charge in [0.2, 0.25) is 0 Å². The number of fused-ring (bicyclic) bond motifs is 1. The van der Waals surface area contributed by atoms with E-state index in [0.29, 0.717) is 11.1 Å². The molecule has 120 valence electrons. The predicted molar refractivity (Wildman–Crippen MR) is 94.7 cm³/mol. The van der Waals surface area contributed by atoms with Gasteiger partial charge in [0.25, 0.3) is 5.91 Å². The van der Waals surface area contributed by atoms with Crippen LogP contribution >= 0.6 is 0 Å². The van der Waals surface area contributed by atoms with Crippen molar-refractivity contribution in [1.82, 2.24) is 9.88 Å². The summed E-state index contributed by atoms with van der Waals surface area (Å²) in [6, 6.07) is 17.1. The van der Waals surface area contributed by atoms with Gasteiger partial charge in [-0.1, -0.05) is 18.2 Å². The molecule has 1 heterocycles. The zero-order chi connectivity index (χ0) is 17.3. The number of nitrogens with one attached hydrogen (secondary N) is 1. The molecule has 0 aliphatic heterocycles. The monoisotopic (exact) mass is 317 g/mol. The van der Waals surface area contributed by atoms with E-state index in [9.17, 15) is 4.79 Å². The Hall–Kier alpha value is -3.06. The van der Waals surface area contributed by atoms with Crippen molar-refractivity contribution in [3.63, 3.8) is 0 Å². The smallest absolute Gasteiger partial charge is 0.251 e. The average Bonchev–Trinajstić information content (AvgIpc) is 2.88. The number of nitrogens with zero attached hydrogens (tertiary/aromatic N) is 2. The van der Waals surface area contributed by atoms with Crippen molar-refractivity contribution in [2.75, 3.05) is 0 Å². The molecule has 0 bridgehead atoms. The molecule has 0 unspecified atom stereocenters. The standard InChI is InChI=1S/C20H19N3O/c1-13-9-17-7-8-18(11-19(17)23(13)3)20(24)22-14(2)16-6-4-5-15(10-16)12-21/h4-11,14H,1-3H3,(H,22,24)/t14-/m0/s1. The van der Waals surface area contributed by atoms with Crippen LogP contribution in [-0.4, -0.2) is 10.5 Å². The Kier molecular flexibility index (Phi) is 4.09. The number of hydrogen-bond acceptors (Lipinski definition) is 2. The van der Waals surface area contributed by atoms with E-state index in [1.54, 1.807) is 12.1 Å². The van der Waals surface area contributed by atoms with E-state index < -0.39 is 0 Å². The minimum absolute atomic E-state index is 0.120. The lowest BCUT2D eigenvalue weighted by Crippen LogP contribution is -2.26. The lowest BCUT2D eigenvalue weighted by molar-refractivity contribution is 0.0940. The maximum absolute atomic E-state index is 12.6. The Morgan fingerprint density at radius 2 is 2.00 bits per heavy atom. The fourth-order valence-electron chi connectivity index (χ4n) is 2.85. The van der Waals surface area contributed by atoms with Gasteiger partial charge in [-0.3, -0.25) is 4.79 Å². The number of rotatable bonds is 3. The van der Waals surface area contributed by atoms with Crippen LogP contribution in [-0.2, 0) is 7.05 Å². The summed E-state index contributed by atoms with van der Waals surface area (Å²) in [6.07, 6.45) is 0. The molecule has 24 heavy (non-hydrogen) atoms. The van der Waals surface area contributed by atoms with Crippen molar-refractivity contribution in [3.05, 3.63) is 70.9 Å². The summed E-state index contributed by atoms with van der Waals surface area (Å²) in [7, 11) is 2.00. The molecule has 1 N–H and O–H groups in total. The molecule has 1 amide bonds. The molecule has 0 spiro atoms. The number of nitriles is 1. The van der Waals surface area contributed by atoms with Crippen LogP contribution < -0.4 is 5.32 Å². The van der Waals surface area contributed by atoms with E-state index in [1.807, 2.05) is 51.2 Å². The maximum atomic E-state index is 12.6. The molecule has 2 aromatic carbocycles. The second-order valence-corrected chi connectivity index (χ2v) is 6.05. The number of amides is 1. The van der Waals surface area contributed by atoms with Gasteiger partial charge >= 0.3 is 0 Å². The molecule has 0 aliphatic rings. The first-order valence-corrected chi connectivity index (χ1v) is 7.86. The molecule has 3 rings (SSSR count). The van der Waals surface area contributed by atoms with Crippen molar-refractivity contribution in [2.24, 2.45) is 7.05 Å². The highest BCUT2D eigenvalue weighted by molar-refractivity contribution is 5.98. The molecular weight excluding hydrogens is 298 g/mol. The number of aromatic nitrogens is 1. The Morgan fingerprint density at radius 1 is 1.21 bits per heavy atom. The summed E-state index contributed by atoms with van der Waals surface area (Å²) in [5.74, 6) is -0.120. The number of aryl methyl sites for hydroxylation is 2. The van der Waals surface area contributed by atoms with Gasteiger partial charge in [0.15, 0.2) is 0 Å². The van der Waals surface area contributed by atoms with Gasteiger partial charge in [0.05, 0.1) is 17.7 Å². The molecule has 4 nitrogen and oxygen atoms in total. The van der Waals surface area contributed by atoms with Crippen LogP contribution in [0.2, 0.25) is 0 Å². The third-order valence-corrected chi connectivity index (χ3v) is 4.41. The first-order chi connectivity index (χ1) is 11.5. The number of benzene rings is 2. The van der Waals surface area contributed by atoms with Crippen LogP contribution in [0.1, 0.15) is 40.1 Å². The summed E-state index contributed by atoms with van der Waals surface area (Å²) in [5.41, 5.74) is 4.34. The van der Waals surface area contributed by atoms with Gasteiger partial charge in [-0.05, 0) is 55.1 Å². The summed E-state index contributed by atoms with van der Waals surface area (Å²) >= 11 is 0. The Bertz CT molecular complexity index is 963. The number of carbonyl (C=O) groups excluding carboxylic acids is 1. The number of hydrogen-bond donors (Lipinski definition) is 1. The van der Waals surface area contributed by atoms with E-state index in [1.165, 1.54) is 0 Å². The van der Waals surface area contributed by atoms with E-state index in [0.717, 1.165) is 22.2 Å². The highest BCUT2D eigenvalue weighted by Gasteiger charge is 2.13. The molecule has 1 atom stereocenters. The summed E-state index contributed by atoms with van der Waals surface area (Å²) < 4.78 is 2.08. The minimum Gasteiger partial charge on any atom is -0.348 e. The van der Waals surface area contributed by atoms with Crippen molar-refractivity contribution in [2.45, 2.75) is 19.9 Å². The van der Waals surface area contributed by atoms with E-state index in [4.69, 9.17) is 5.26 Å². The van der Waals surface area contributed by atoms with Crippen LogP contribution in [0.4, 0.5) is 0 Å². The topological polar surface area (TPSA) is 57.8 Å². The fourth-order valence-corrected chi connectivity index (χ4v) is 2.85. The second-order valence-electron chi connectivity index (χ2n) is 6.05. The molecular formula is C20H19N3O. The van der Waals surface area contributed by atoms with E-state index in [2.05, 4.69) is 22.0 Å². The van der Waals surface area contributed by atoms with E-state index >= 15 is 0 Å². The lowest BCUT2D eigenvalue weighted by Gasteiger charge is -2.15. The van der Waals surface area contributed by atoms with Gasteiger partial charge in [-0.25, -0.2) is 0 Å². The molecule has 1 aromatic heterocycles. The molecule has 0 radical (unpaired) electrons. The maximum Gasteiger partial charge on any atom is 0.251 e. The number of carbonyl (C=O) groups is 1. The van der Waals surface area contributed by atoms with Crippen molar-refractivity contribution in [3.8, 4) is 6.07 Å². The SMILES string of the molecule is Cc1cc2ccc(C(=O)N[C@@H](C)c3cccc(C#N)c3)cc2n1C. The van der Waals surface area contributed by atoms with Crippen molar-refractivity contribution in [1.29, 1.82) is 5.26 Å². The lowest BCUT2D eigenvalue weighted by atomic mass is 10.0. The molecule has 4 heteroatoms. The van der Waals surface area contributed by atoms with Crippen molar-refractivity contribution < 1.29 is 4.79 Å². The van der Waals surface area contributed by atoms with Crippen molar-refractivity contribution >= 4 is 16.8 Å². The molecule has 0 saturated carbocycles. The van der Waals surface area contributed by atoms with E-state index in [-0.39, 0.29) is 11.9 Å². The van der Waals surface area contributed by atoms with Gasteiger partial charge in [0.1, 0.15) is 0 Å². The Morgan fingerprint density at radius 3 is 2.75 bits per heavy atom. The Labute approximate surface area is 141 Å². The zero-order valence-electron chi connectivity index (χ0n) is 14.0. The molecule has 0 saturated heterocycles. The highest BCUT2D eigenvalue weighted by atomic mass is 16.1. The van der Waals surface area contributed by atoms with Crippen LogP contribution in [0.15, 0.2) is 48.5 Å². The quantitative estimate of drug-likeness (QED) is 0.797.